The SMILES string of the molecule is CC(C)Oc1ccc2c(C(N)(Cl)C(N)=O)nc(C(=O)O)c(O)c2c1. The van der Waals surface area contributed by atoms with E-state index in [0.29, 0.717) is 5.75 Å². The molecule has 2 aromatic rings. The van der Waals surface area contributed by atoms with Gasteiger partial charge in [-0.15, -0.1) is 0 Å². The minimum atomic E-state index is -2.24. The summed E-state index contributed by atoms with van der Waals surface area (Å²) in [5, 5.41) is 19.7. The number of nitrogens with zero attached hydrogens (tertiary/aromatic N) is 1. The van der Waals surface area contributed by atoms with Crippen molar-refractivity contribution in [1.29, 1.82) is 0 Å². The van der Waals surface area contributed by atoms with Crippen LogP contribution >= 0.6 is 11.6 Å². The molecule has 6 N–H and O–H groups in total. The van der Waals surface area contributed by atoms with E-state index >= 15 is 0 Å². The lowest BCUT2D eigenvalue weighted by Crippen LogP contribution is -2.45. The lowest BCUT2D eigenvalue weighted by Gasteiger charge is -2.21. The molecule has 1 aromatic heterocycles. The Morgan fingerprint density at radius 3 is 2.46 bits per heavy atom. The van der Waals surface area contributed by atoms with Gasteiger partial charge in [0.15, 0.2) is 11.4 Å². The van der Waals surface area contributed by atoms with E-state index in [9.17, 15) is 19.8 Å². The number of carboxylic acids is 1. The van der Waals surface area contributed by atoms with Crippen molar-refractivity contribution in [1.82, 2.24) is 4.98 Å². The maximum atomic E-state index is 11.5. The summed E-state index contributed by atoms with van der Waals surface area (Å²) in [5.41, 5.74) is 9.93. The molecule has 0 fully saturated rings. The quantitative estimate of drug-likeness (QED) is 0.467. The topological polar surface area (TPSA) is 149 Å². The molecule has 1 atom stereocenters. The van der Waals surface area contributed by atoms with Gasteiger partial charge in [0.05, 0.1) is 11.8 Å². The second kappa shape index (κ2) is 6.14. The van der Waals surface area contributed by atoms with Crippen LogP contribution in [0.25, 0.3) is 10.8 Å². The van der Waals surface area contributed by atoms with Crippen molar-refractivity contribution in [2.75, 3.05) is 0 Å². The Balaban J connectivity index is 2.86. The van der Waals surface area contributed by atoms with Gasteiger partial charge in [-0.2, -0.15) is 0 Å². The minimum absolute atomic E-state index is 0.0762. The monoisotopic (exact) mass is 353 g/mol. The van der Waals surface area contributed by atoms with Gasteiger partial charge in [0.25, 0.3) is 5.91 Å². The molecule has 0 saturated heterocycles. The van der Waals surface area contributed by atoms with E-state index < -0.39 is 28.3 Å². The Bertz CT molecular complexity index is 835. The second-order valence-electron chi connectivity index (χ2n) is 5.41. The highest BCUT2D eigenvalue weighted by atomic mass is 35.5. The van der Waals surface area contributed by atoms with Gasteiger partial charge in [0, 0.05) is 10.8 Å². The molecule has 1 aromatic carbocycles. The largest absolute Gasteiger partial charge is 0.505 e. The molecule has 0 saturated carbocycles. The molecule has 2 rings (SSSR count). The van der Waals surface area contributed by atoms with Gasteiger partial charge >= 0.3 is 5.97 Å². The molecule has 1 heterocycles. The Labute approximate surface area is 142 Å². The number of primary amides is 1. The van der Waals surface area contributed by atoms with E-state index in [1.807, 2.05) is 13.8 Å². The first-order valence-electron chi connectivity index (χ1n) is 6.90. The van der Waals surface area contributed by atoms with E-state index in [4.69, 9.17) is 27.8 Å². The predicted molar refractivity (Wildman–Crippen MR) is 87.0 cm³/mol. The van der Waals surface area contributed by atoms with Crippen LogP contribution in [0.4, 0.5) is 0 Å². The van der Waals surface area contributed by atoms with Crippen LogP contribution in [-0.2, 0) is 9.79 Å². The molecule has 9 heteroatoms. The molecular formula is C15H16ClN3O5. The molecule has 0 bridgehead atoms. The third-order valence-electron chi connectivity index (χ3n) is 3.23. The van der Waals surface area contributed by atoms with E-state index in [-0.39, 0.29) is 22.6 Å². The first-order chi connectivity index (χ1) is 11.1. The number of hydrogen-bond donors (Lipinski definition) is 4. The zero-order valence-electron chi connectivity index (χ0n) is 12.9. The molecular weight excluding hydrogens is 338 g/mol. The lowest BCUT2D eigenvalue weighted by atomic mass is 10.0. The molecule has 24 heavy (non-hydrogen) atoms. The molecule has 128 valence electrons. The van der Waals surface area contributed by atoms with Crippen molar-refractivity contribution in [3.63, 3.8) is 0 Å². The van der Waals surface area contributed by atoms with Crippen LogP contribution in [0.3, 0.4) is 0 Å². The molecule has 0 radical (unpaired) electrons. The maximum absolute atomic E-state index is 11.5. The number of amides is 1. The molecule has 0 spiro atoms. The first kappa shape index (κ1) is 17.8. The number of aromatic nitrogens is 1. The summed E-state index contributed by atoms with van der Waals surface area (Å²) < 4.78 is 5.52. The lowest BCUT2D eigenvalue weighted by molar-refractivity contribution is -0.120. The first-order valence-corrected chi connectivity index (χ1v) is 7.28. The average molecular weight is 354 g/mol. The molecule has 1 unspecified atom stereocenters. The van der Waals surface area contributed by atoms with Gasteiger partial charge < -0.3 is 20.7 Å². The number of alkyl halides is 1. The van der Waals surface area contributed by atoms with Crippen LogP contribution in [-0.4, -0.2) is 33.2 Å². The summed E-state index contributed by atoms with van der Waals surface area (Å²) >= 11 is 5.96. The summed E-state index contributed by atoms with van der Waals surface area (Å²) in [6, 6.07) is 4.44. The number of benzene rings is 1. The van der Waals surface area contributed by atoms with Crippen LogP contribution in [0.5, 0.6) is 11.5 Å². The maximum Gasteiger partial charge on any atom is 0.358 e. The average Bonchev–Trinajstić information content (AvgIpc) is 2.46. The second-order valence-corrected chi connectivity index (χ2v) is 6.01. The summed E-state index contributed by atoms with van der Waals surface area (Å²) in [6.07, 6.45) is -0.142. The fraction of sp³-hybridized carbons (Fsp3) is 0.267. The molecule has 0 aliphatic rings. The Hall–Kier alpha value is -2.58. The van der Waals surface area contributed by atoms with Gasteiger partial charge in [-0.1, -0.05) is 11.6 Å². The summed E-state index contributed by atoms with van der Waals surface area (Å²) in [6.45, 7) is 3.61. The normalized spacial score (nSPS) is 13.7. The highest BCUT2D eigenvalue weighted by molar-refractivity contribution is 6.34. The van der Waals surface area contributed by atoms with Crippen LogP contribution < -0.4 is 16.2 Å². The van der Waals surface area contributed by atoms with Crippen molar-refractivity contribution in [3.8, 4) is 11.5 Å². The van der Waals surface area contributed by atoms with E-state index in [2.05, 4.69) is 4.98 Å². The van der Waals surface area contributed by atoms with Crippen molar-refractivity contribution in [2.45, 2.75) is 24.9 Å². The number of ether oxygens (including phenoxy) is 1. The summed E-state index contributed by atoms with van der Waals surface area (Å²) in [7, 11) is 0. The molecule has 1 amide bonds. The van der Waals surface area contributed by atoms with Crippen molar-refractivity contribution in [2.24, 2.45) is 11.5 Å². The number of rotatable bonds is 5. The number of hydrogen-bond acceptors (Lipinski definition) is 6. The van der Waals surface area contributed by atoms with Crippen LogP contribution in [0, 0.1) is 0 Å². The zero-order valence-corrected chi connectivity index (χ0v) is 13.7. The summed E-state index contributed by atoms with van der Waals surface area (Å²) in [4.78, 5) is 24.4. The number of carboxylic acid groups (broad SMARTS) is 1. The van der Waals surface area contributed by atoms with Gasteiger partial charge in [0.1, 0.15) is 5.75 Å². The number of fused-ring (bicyclic) bond motifs is 1. The number of halogens is 1. The fourth-order valence-corrected chi connectivity index (χ4v) is 2.31. The third kappa shape index (κ3) is 3.06. The van der Waals surface area contributed by atoms with Crippen molar-refractivity contribution in [3.05, 3.63) is 29.6 Å². The van der Waals surface area contributed by atoms with Crippen LogP contribution in [0.1, 0.15) is 30.0 Å². The molecule has 8 nitrogen and oxygen atoms in total. The molecule has 0 aliphatic heterocycles. The number of aromatic carboxylic acids is 1. The number of carbonyl (C=O) groups is 2. The van der Waals surface area contributed by atoms with Crippen molar-refractivity contribution < 1.29 is 24.5 Å². The van der Waals surface area contributed by atoms with Crippen LogP contribution in [0.15, 0.2) is 18.2 Å². The predicted octanol–water partition coefficient (Wildman–Crippen LogP) is 1.26. The number of nitrogens with two attached hydrogens (primary N) is 2. The van der Waals surface area contributed by atoms with Gasteiger partial charge in [-0.3, -0.25) is 10.5 Å². The standard InChI is InChI=1S/C15H16ClN3O5/c1-6(2)24-7-3-4-8-9(5-7)11(20)10(13(21)22)19-12(8)15(16,18)14(17)23/h3-6,20H,18H2,1-2H3,(H2,17,23)(H,21,22). The minimum Gasteiger partial charge on any atom is -0.505 e. The van der Waals surface area contributed by atoms with Gasteiger partial charge in [-0.25, -0.2) is 9.78 Å². The van der Waals surface area contributed by atoms with E-state index in [0.717, 1.165) is 0 Å². The van der Waals surface area contributed by atoms with E-state index in [1.165, 1.54) is 12.1 Å². The highest BCUT2D eigenvalue weighted by Gasteiger charge is 2.37. The number of aromatic hydroxyl groups is 1. The number of pyridine rings is 1. The highest BCUT2D eigenvalue weighted by Crippen LogP contribution is 2.37. The van der Waals surface area contributed by atoms with Crippen LogP contribution in [0.2, 0.25) is 0 Å². The van der Waals surface area contributed by atoms with Crippen molar-refractivity contribution >= 4 is 34.2 Å². The number of carbonyl (C=O) groups excluding carboxylic acids is 1. The zero-order chi connectivity index (χ0) is 18.2. The Morgan fingerprint density at radius 1 is 1.33 bits per heavy atom. The molecule has 0 aliphatic carbocycles. The van der Waals surface area contributed by atoms with Gasteiger partial charge in [0.2, 0.25) is 5.00 Å². The smallest absolute Gasteiger partial charge is 0.358 e. The Morgan fingerprint density at radius 2 is 1.96 bits per heavy atom. The Kier molecular flexibility index (Phi) is 4.54. The van der Waals surface area contributed by atoms with Gasteiger partial charge in [-0.05, 0) is 32.0 Å². The van der Waals surface area contributed by atoms with E-state index in [1.54, 1.807) is 6.07 Å². The third-order valence-corrected chi connectivity index (χ3v) is 3.59. The summed E-state index contributed by atoms with van der Waals surface area (Å²) in [5.74, 6) is -2.82. The fourth-order valence-electron chi connectivity index (χ4n) is 2.17.